The van der Waals surface area contributed by atoms with Crippen molar-refractivity contribution in [1.82, 2.24) is 14.8 Å². The van der Waals surface area contributed by atoms with E-state index in [-0.39, 0.29) is 54.0 Å². The molecule has 2 N–H and O–H groups in total. The zero-order chi connectivity index (χ0) is 27.9. The first-order valence-electron chi connectivity index (χ1n) is 14.2. The van der Waals surface area contributed by atoms with Gasteiger partial charge in [-0.15, -0.1) is 0 Å². The molecule has 1 saturated heterocycles. The van der Waals surface area contributed by atoms with Crippen LogP contribution in [0, 0.1) is 5.41 Å². The van der Waals surface area contributed by atoms with Gasteiger partial charge in [0.05, 0.1) is 18.2 Å². The molecule has 2 aromatic rings. The van der Waals surface area contributed by atoms with Gasteiger partial charge in [0.2, 0.25) is 11.8 Å². The molecule has 1 aromatic carbocycles. The molecule has 39 heavy (non-hydrogen) atoms. The number of aromatic nitrogens is 1. The molecule has 5 rings (SSSR count). The number of piperidine rings is 1. The number of hydrogen-bond acceptors (Lipinski definition) is 6. The minimum Gasteiger partial charge on any atom is -0.383 e. The zero-order valence-corrected chi connectivity index (χ0v) is 23.5. The van der Waals surface area contributed by atoms with Crippen LogP contribution in [0.25, 0.3) is 10.9 Å². The second-order valence-corrected chi connectivity index (χ2v) is 11.8. The molecule has 3 heterocycles. The predicted molar refractivity (Wildman–Crippen MR) is 149 cm³/mol. The number of ketones is 2. The van der Waals surface area contributed by atoms with Crippen LogP contribution in [-0.4, -0.2) is 64.2 Å². The van der Waals surface area contributed by atoms with E-state index >= 15 is 0 Å². The standard InChI is InChI=1S/C30H40N4O5/c1-5-25(36)24-12-30-13-26(30)34(24)28(38)16-33-15-23(19(4)35)22-11-21(32-18(2)3)10-20(29(22)33)14-31-27(37)8-6-7-9-39-17-30/h10-11,15,18,24,26,32H,5-9,12-14,16-17H2,1-4H3,(H,31,37)/t24-,26+,30-/m0/s1. The molecule has 9 nitrogen and oxygen atoms in total. The highest BCUT2D eigenvalue weighted by Crippen LogP contribution is 2.60. The molecule has 0 radical (unpaired) electrons. The van der Waals surface area contributed by atoms with Crippen LogP contribution < -0.4 is 10.6 Å². The fraction of sp³-hybridized carbons (Fsp3) is 0.600. The van der Waals surface area contributed by atoms with Gasteiger partial charge in [-0.1, -0.05) is 6.92 Å². The van der Waals surface area contributed by atoms with Crippen molar-refractivity contribution in [2.24, 2.45) is 5.41 Å². The number of ether oxygens (including phenoxy) is 1. The Morgan fingerprint density at radius 2 is 2.00 bits per heavy atom. The second-order valence-electron chi connectivity index (χ2n) is 11.8. The molecule has 2 bridgehead atoms. The molecular formula is C30H40N4O5. The van der Waals surface area contributed by atoms with Crippen molar-refractivity contribution < 1.29 is 23.9 Å². The summed E-state index contributed by atoms with van der Waals surface area (Å²) < 4.78 is 7.84. The highest BCUT2D eigenvalue weighted by atomic mass is 16.5. The van der Waals surface area contributed by atoms with Gasteiger partial charge in [-0.3, -0.25) is 19.2 Å². The van der Waals surface area contributed by atoms with E-state index < -0.39 is 6.04 Å². The van der Waals surface area contributed by atoms with Crippen molar-refractivity contribution in [3.8, 4) is 0 Å². The summed E-state index contributed by atoms with van der Waals surface area (Å²) in [7, 11) is 0. The van der Waals surface area contributed by atoms with Crippen molar-refractivity contribution in [3.63, 3.8) is 0 Å². The van der Waals surface area contributed by atoms with E-state index in [0.29, 0.717) is 38.0 Å². The molecule has 210 valence electrons. The Kier molecular flexibility index (Phi) is 7.55. The lowest BCUT2D eigenvalue weighted by atomic mass is 9.97. The van der Waals surface area contributed by atoms with Crippen molar-refractivity contribution in [1.29, 1.82) is 0 Å². The highest BCUT2D eigenvalue weighted by Gasteiger charge is 2.66. The number of carbonyl (C=O) groups is 4. The topological polar surface area (TPSA) is 110 Å². The Bertz CT molecular complexity index is 1310. The minimum absolute atomic E-state index is 0.000142. The maximum absolute atomic E-state index is 13.9. The van der Waals surface area contributed by atoms with E-state index in [4.69, 9.17) is 4.74 Å². The van der Waals surface area contributed by atoms with Crippen LogP contribution in [0.3, 0.4) is 0 Å². The third kappa shape index (κ3) is 5.33. The highest BCUT2D eigenvalue weighted by molar-refractivity contribution is 6.09. The number of nitrogens with zero attached hydrogens (tertiary/aromatic N) is 2. The Hall–Kier alpha value is -3.20. The van der Waals surface area contributed by atoms with Crippen LogP contribution in [0.2, 0.25) is 0 Å². The monoisotopic (exact) mass is 536 g/mol. The minimum atomic E-state index is -0.432. The van der Waals surface area contributed by atoms with Gasteiger partial charge in [0, 0.05) is 66.3 Å². The normalized spacial score (nSPS) is 25.8. The fourth-order valence-corrected chi connectivity index (χ4v) is 6.47. The van der Waals surface area contributed by atoms with Gasteiger partial charge in [0.15, 0.2) is 11.6 Å². The number of carbonyl (C=O) groups excluding carboxylic acids is 4. The lowest BCUT2D eigenvalue weighted by Gasteiger charge is -2.27. The van der Waals surface area contributed by atoms with Crippen molar-refractivity contribution in [2.45, 2.75) is 97.4 Å². The quantitative estimate of drug-likeness (QED) is 0.563. The maximum Gasteiger partial charge on any atom is 0.243 e. The van der Waals surface area contributed by atoms with E-state index in [0.717, 1.165) is 41.4 Å². The number of amides is 2. The van der Waals surface area contributed by atoms with E-state index in [1.165, 1.54) is 6.92 Å². The average Bonchev–Trinajstić information content (AvgIpc) is 3.29. The number of hydrogen-bond donors (Lipinski definition) is 2. The van der Waals surface area contributed by atoms with Gasteiger partial charge in [0.1, 0.15) is 6.54 Å². The summed E-state index contributed by atoms with van der Waals surface area (Å²) in [4.78, 5) is 54.0. The Balaban J connectivity index is 1.58. The summed E-state index contributed by atoms with van der Waals surface area (Å²) in [5, 5.41) is 7.20. The molecule has 9 heteroatoms. The number of anilines is 1. The molecule has 1 saturated carbocycles. The Labute approximate surface area is 229 Å². The lowest BCUT2D eigenvalue weighted by molar-refractivity contribution is -0.139. The summed E-state index contributed by atoms with van der Waals surface area (Å²) >= 11 is 0. The van der Waals surface area contributed by atoms with Crippen LogP contribution in [0.4, 0.5) is 5.69 Å². The smallest absolute Gasteiger partial charge is 0.243 e. The summed E-state index contributed by atoms with van der Waals surface area (Å²) in [5.41, 5.74) is 2.81. The van der Waals surface area contributed by atoms with Gasteiger partial charge in [-0.25, -0.2) is 0 Å². The van der Waals surface area contributed by atoms with Gasteiger partial charge in [-0.05, 0) is 64.2 Å². The summed E-state index contributed by atoms with van der Waals surface area (Å²) in [6, 6.07) is 3.68. The first-order chi connectivity index (χ1) is 18.6. The van der Waals surface area contributed by atoms with Crippen LogP contribution in [0.1, 0.15) is 82.1 Å². The Morgan fingerprint density at radius 1 is 1.21 bits per heavy atom. The molecule has 0 unspecified atom stereocenters. The van der Waals surface area contributed by atoms with Crippen molar-refractivity contribution in [2.75, 3.05) is 18.5 Å². The number of rotatable bonds is 5. The molecule has 1 aliphatic carbocycles. The molecule has 0 spiro atoms. The average molecular weight is 537 g/mol. The number of benzene rings is 1. The van der Waals surface area contributed by atoms with Gasteiger partial charge in [0.25, 0.3) is 0 Å². The van der Waals surface area contributed by atoms with E-state index in [1.54, 1.807) is 6.20 Å². The third-order valence-electron chi connectivity index (χ3n) is 8.43. The van der Waals surface area contributed by atoms with Crippen LogP contribution in [0.15, 0.2) is 18.3 Å². The van der Waals surface area contributed by atoms with Crippen molar-refractivity contribution >= 4 is 40.0 Å². The molecule has 2 fully saturated rings. The van der Waals surface area contributed by atoms with Gasteiger partial charge >= 0.3 is 0 Å². The van der Waals surface area contributed by atoms with E-state index in [2.05, 4.69) is 10.6 Å². The van der Waals surface area contributed by atoms with Crippen molar-refractivity contribution in [3.05, 3.63) is 29.5 Å². The van der Waals surface area contributed by atoms with E-state index in [1.807, 2.05) is 42.4 Å². The summed E-state index contributed by atoms with van der Waals surface area (Å²) in [6.45, 7) is 8.84. The molecule has 1 aromatic heterocycles. The largest absolute Gasteiger partial charge is 0.383 e. The number of Topliss-reactive ketones (excluding diaryl/α,β-unsaturated/α-hetero) is 2. The predicted octanol–water partition coefficient (Wildman–Crippen LogP) is 3.82. The fourth-order valence-electron chi connectivity index (χ4n) is 6.47. The summed E-state index contributed by atoms with van der Waals surface area (Å²) in [5.74, 6) is -0.174. The van der Waals surface area contributed by atoms with Crippen LogP contribution in [0.5, 0.6) is 0 Å². The Morgan fingerprint density at radius 3 is 2.72 bits per heavy atom. The second kappa shape index (κ2) is 10.8. The molecular weight excluding hydrogens is 496 g/mol. The first-order valence-corrected chi connectivity index (χ1v) is 14.2. The third-order valence-corrected chi connectivity index (χ3v) is 8.43. The van der Waals surface area contributed by atoms with E-state index in [9.17, 15) is 19.2 Å². The summed E-state index contributed by atoms with van der Waals surface area (Å²) in [6.07, 6.45) is 5.52. The zero-order valence-electron chi connectivity index (χ0n) is 23.5. The SMILES string of the molecule is CCC(=O)[C@@H]1C[C@]23COCCCCC(=O)NCc4cc(NC(C)C)cc5c(C(C)=O)cn(c45)CC(=O)N1[C@@H]2C3. The molecule has 3 atom stereocenters. The van der Waals surface area contributed by atoms with Crippen LogP contribution in [-0.2, 0) is 32.2 Å². The number of nitrogens with one attached hydrogen (secondary N) is 2. The van der Waals surface area contributed by atoms with Gasteiger partial charge in [-0.2, -0.15) is 0 Å². The molecule has 2 amide bonds. The first kappa shape index (κ1) is 27.4. The van der Waals surface area contributed by atoms with Gasteiger partial charge < -0.3 is 24.8 Å². The maximum atomic E-state index is 13.9. The molecule has 3 aliphatic rings. The molecule has 2 aliphatic heterocycles. The van der Waals surface area contributed by atoms with Crippen LogP contribution >= 0.6 is 0 Å². The lowest BCUT2D eigenvalue weighted by Crippen LogP contribution is -2.44.